The number of thiophene rings is 1. The van der Waals surface area contributed by atoms with Crippen LogP contribution in [0.2, 0.25) is 0 Å². The molecule has 0 fully saturated rings. The summed E-state index contributed by atoms with van der Waals surface area (Å²) in [6, 6.07) is 14.3. The van der Waals surface area contributed by atoms with Crippen molar-refractivity contribution in [2.45, 2.75) is 19.0 Å². The average Bonchev–Trinajstić information content (AvgIpc) is 3.25. The van der Waals surface area contributed by atoms with E-state index in [0.29, 0.717) is 0 Å². The number of fused-ring (bicyclic) bond motifs is 1. The highest BCUT2D eigenvalue weighted by Crippen LogP contribution is 2.33. The largest absolute Gasteiger partial charge is 0.325 e. The van der Waals surface area contributed by atoms with Crippen molar-refractivity contribution in [1.82, 2.24) is 14.8 Å². The lowest BCUT2D eigenvalue weighted by molar-refractivity contribution is -0.113. The number of anilines is 1. The van der Waals surface area contributed by atoms with Crippen molar-refractivity contribution in [1.29, 1.82) is 0 Å². The van der Waals surface area contributed by atoms with E-state index in [0.717, 1.165) is 27.8 Å². The zero-order valence-electron chi connectivity index (χ0n) is 15.9. The Hall–Kier alpha value is -2.64. The second-order valence-electron chi connectivity index (χ2n) is 6.67. The van der Waals surface area contributed by atoms with Crippen LogP contribution in [-0.4, -0.2) is 26.4 Å². The molecule has 2 aromatic heterocycles. The molecule has 0 radical (unpaired) electrons. The number of rotatable bonds is 5. The molecule has 4 rings (SSSR count). The predicted molar refractivity (Wildman–Crippen MR) is 117 cm³/mol. The van der Waals surface area contributed by atoms with Crippen LogP contribution in [0.5, 0.6) is 0 Å². The van der Waals surface area contributed by atoms with Gasteiger partial charge in [0.05, 0.1) is 5.75 Å². The van der Waals surface area contributed by atoms with Crippen molar-refractivity contribution in [3.8, 4) is 11.4 Å². The van der Waals surface area contributed by atoms with E-state index < -0.39 is 0 Å². The van der Waals surface area contributed by atoms with Crippen LogP contribution in [-0.2, 0) is 11.8 Å². The lowest BCUT2D eigenvalue weighted by Gasteiger charge is -2.09. The summed E-state index contributed by atoms with van der Waals surface area (Å²) in [7, 11) is 1.94. The molecule has 0 aliphatic heterocycles. The second kappa shape index (κ2) is 7.77. The molecule has 1 N–H and O–H groups in total. The Labute approximate surface area is 171 Å². The third kappa shape index (κ3) is 3.68. The Morgan fingerprint density at radius 3 is 2.82 bits per heavy atom. The van der Waals surface area contributed by atoms with E-state index in [1.807, 2.05) is 49.7 Å². The van der Waals surface area contributed by atoms with E-state index in [1.54, 1.807) is 11.3 Å². The summed E-state index contributed by atoms with van der Waals surface area (Å²) in [6.45, 7) is 4.03. The molecular weight excluding hydrogens is 388 g/mol. The number of aryl methyl sites for hydroxylation is 2. The topological polar surface area (TPSA) is 59.8 Å². The van der Waals surface area contributed by atoms with Crippen molar-refractivity contribution in [3.63, 3.8) is 0 Å². The molecule has 1 amide bonds. The number of nitrogens with one attached hydrogen (secondary N) is 1. The van der Waals surface area contributed by atoms with Gasteiger partial charge in [0, 0.05) is 33.8 Å². The van der Waals surface area contributed by atoms with E-state index in [9.17, 15) is 4.79 Å². The summed E-state index contributed by atoms with van der Waals surface area (Å²) in [6.07, 6.45) is 0. The average molecular weight is 409 g/mol. The molecule has 0 saturated carbocycles. The van der Waals surface area contributed by atoms with Gasteiger partial charge in [0.2, 0.25) is 5.91 Å². The van der Waals surface area contributed by atoms with E-state index in [-0.39, 0.29) is 11.7 Å². The first-order valence-electron chi connectivity index (χ1n) is 8.89. The monoisotopic (exact) mass is 408 g/mol. The third-order valence-electron chi connectivity index (χ3n) is 4.55. The van der Waals surface area contributed by atoms with Crippen LogP contribution >= 0.6 is 23.1 Å². The smallest absolute Gasteiger partial charge is 0.234 e. The molecule has 2 heterocycles. The zero-order chi connectivity index (χ0) is 19.7. The number of nitrogens with zero attached hydrogens (tertiary/aromatic N) is 3. The van der Waals surface area contributed by atoms with Gasteiger partial charge in [-0.15, -0.1) is 21.5 Å². The van der Waals surface area contributed by atoms with Crippen LogP contribution < -0.4 is 5.32 Å². The van der Waals surface area contributed by atoms with Gasteiger partial charge in [-0.1, -0.05) is 47.7 Å². The van der Waals surface area contributed by atoms with Crippen molar-refractivity contribution >= 4 is 44.8 Å². The van der Waals surface area contributed by atoms with Crippen LogP contribution in [0, 0.1) is 13.8 Å². The minimum absolute atomic E-state index is 0.0533. The van der Waals surface area contributed by atoms with Crippen LogP contribution in [0.15, 0.2) is 53.0 Å². The van der Waals surface area contributed by atoms with Crippen molar-refractivity contribution in [2.75, 3.05) is 11.1 Å². The first-order valence-corrected chi connectivity index (χ1v) is 10.8. The molecule has 0 unspecified atom stereocenters. The molecule has 0 aliphatic rings. The van der Waals surface area contributed by atoms with Crippen LogP contribution in [0.1, 0.15) is 11.1 Å². The Kier molecular flexibility index (Phi) is 5.19. The molecule has 142 valence electrons. The number of aromatic nitrogens is 3. The first kappa shape index (κ1) is 18.7. The van der Waals surface area contributed by atoms with Crippen molar-refractivity contribution < 1.29 is 4.79 Å². The lowest BCUT2D eigenvalue weighted by atomic mass is 10.1. The Balaban J connectivity index is 1.47. The zero-order valence-corrected chi connectivity index (χ0v) is 17.5. The number of hydrogen-bond donors (Lipinski definition) is 1. The molecule has 0 spiro atoms. The molecule has 0 atom stereocenters. The Morgan fingerprint density at radius 2 is 2.00 bits per heavy atom. The fourth-order valence-electron chi connectivity index (χ4n) is 3.10. The third-order valence-corrected chi connectivity index (χ3v) is 6.53. The highest BCUT2D eigenvalue weighted by Gasteiger charge is 2.16. The Bertz CT molecular complexity index is 1160. The summed E-state index contributed by atoms with van der Waals surface area (Å²) in [5.41, 5.74) is 4.16. The van der Waals surface area contributed by atoms with Crippen LogP contribution in [0.4, 0.5) is 5.69 Å². The quantitative estimate of drug-likeness (QED) is 0.470. The Morgan fingerprint density at radius 1 is 1.18 bits per heavy atom. The van der Waals surface area contributed by atoms with Gasteiger partial charge in [-0.25, -0.2) is 0 Å². The maximum Gasteiger partial charge on any atom is 0.234 e. The molecule has 0 bridgehead atoms. The number of thioether (sulfide) groups is 1. The van der Waals surface area contributed by atoms with Crippen LogP contribution in [0.25, 0.3) is 21.5 Å². The van der Waals surface area contributed by atoms with Gasteiger partial charge in [-0.05, 0) is 31.5 Å². The van der Waals surface area contributed by atoms with Gasteiger partial charge >= 0.3 is 0 Å². The van der Waals surface area contributed by atoms with E-state index >= 15 is 0 Å². The maximum atomic E-state index is 12.4. The van der Waals surface area contributed by atoms with Gasteiger partial charge in [0.15, 0.2) is 11.0 Å². The first-order chi connectivity index (χ1) is 13.5. The van der Waals surface area contributed by atoms with Gasteiger partial charge < -0.3 is 9.88 Å². The second-order valence-corrected chi connectivity index (χ2v) is 8.52. The summed E-state index contributed by atoms with van der Waals surface area (Å²) in [5, 5.41) is 15.6. The van der Waals surface area contributed by atoms with Crippen molar-refractivity contribution in [3.05, 3.63) is 59.0 Å². The standard InChI is InChI=1S/C21H20N4OS2/c1-13-8-9-17(14(2)10-13)22-19(26)12-28-21-24-23-20(25(21)3)16-11-27-18-7-5-4-6-15(16)18/h4-11H,12H2,1-3H3,(H,22,26). The molecule has 28 heavy (non-hydrogen) atoms. The number of carbonyl (C=O) groups is 1. The van der Waals surface area contributed by atoms with Crippen LogP contribution in [0.3, 0.4) is 0 Å². The van der Waals surface area contributed by atoms with Crippen molar-refractivity contribution in [2.24, 2.45) is 7.05 Å². The lowest BCUT2D eigenvalue weighted by Crippen LogP contribution is -2.15. The summed E-state index contributed by atoms with van der Waals surface area (Å²) in [4.78, 5) is 12.4. The fourth-order valence-corrected chi connectivity index (χ4v) is 4.75. The highest BCUT2D eigenvalue weighted by molar-refractivity contribution is 7.99. The van der Waals surface area contributed by atoms with E-state index in [1.165, 1.54) is 27.4 Å². The summed E-state index contributed by atoms with van der Waals surface area (Å²) >= 11 is 3.08. The fraction of sp³-hybridized carbons (Fsp3) is 0.190. The minimum atomic E-state index is -0.0533. The number of carbonyl (C=O) groups excluding carboxylic acids is 1. The number of hydrogen-bond acceptors (Lipinski definition) is 5. The van der Waals surface area contributed by atoms with E-state index in [4.69, 9.17) is 0 Å². The van der Waals surface area contributed by atoms with Gasteiger partial charge in [0.1, 0.15) is 0 Å². The molecule has 2 aromatic carbocycles. The highest BCUT2D eigenvalue weighted by atomic mass is 32.2. The van der Waals surface area contributed by atoms with Gasteiger partial charge in [0.25, 0.3) is 0 Å². The maximum absolute atomic E-state index is 12.4. The number of benzene rings is 2. The molecule has 4 aromatic rings. The number of amides is 1. The molecular formula is C21H20N4OS2. The predicted octanol–water partition coefficient (Wildman–Crippen LogP) is 5.04. The molecule has 0 saturated heterocycles. The van der Waals surface area contributed by atoms with E-state index in [2.05, 4.69) is 39.1 Å². The molecule has 7 heteroatoms. The molecule has 5 nitrogen and oxygen atoms in total. The summed E-state index contributed by atoms with van der Waals surface area (Å²) < 4.78 is 3.17. The molecule has 0 aliphatic carbocycles. The summed E-state index contributed by atoms with van der Waals surface area (Å²) in [5.74, 6) is 1.04. The normalized spacial score (nSPS) is 11.1. The van der Waals surface area contributed by atoms with Gasteiger partial charge in [-0.3, -0.25) is 4.79 Å². The van der Waals surface area contributed by atoms with Gasteiger partial charge in [-0.2, -0.15) is 0 Å². The minimum Gasteiger partial charge on any atom is -0.325 e. The SMILES string of the molecule is Cc1ccc(NC(=O)CSc2nnc(-c3csc4ccccc34)n2C)c(C)c1.